The van der Waals surface area contributed by atoms with Crippen LogP contribution < -0.4 is 4.90 Å². The van der Waals surface area contributed by atoms with E-state index in [0.29, 0.717) is 0 Å². The molecule has 0 amide bonds. The monoisotopic (exact) mass is 691 g/mol. The molecule has 0 heterocycles. The quantitative estimate of drug-likeness (QED) is 0.136. The third-order valence-electron chi connectivity index (χ3n) is 10.9. The lowest BCUT2D eigenvalue weighted by molar-refractivity contribution is 0.658. The SMILES string of the molecule is CC(c1ccc2c(ccc3cc(N(c4ccccc4)c4ccccc4)ccc32)c1)[C@@H](c1ccccc1)c1ccc(-c2ccc(-c3ccccc3)cc2)cc1. The topological polar surface area (TPSA) is 3.24 Å². The molecule has 1 unspecified atom stereocenters. The first-order valence-electron chi connectivity index (χ1n) is 18.9. The van der Waals surface area contributed by atoms with Crippen LogP contribution >= 0.6 is 0 Å². The maximum atomic E-state index is 2.41. The van der Waals surface area contributed by atoms with Crippen molar-refractivity contribution < 1.29 is 0 Å². The minimum absolute atomic E-state index is 0.211. The van der Waals surface area contributed by atoms with E-state index < -0.39 is 0 Å². The second kappa shape index (κ2) is 14.7. The van der Waals surface area contributed by atoms with Gasteiger partial charge < -0.3 is 4.90 Å². The van der Waals surface area contributed by atoms with Gasteiger partial charge in [0.1, 0.15) is 0 Å². The van der Waals surface area contributed by atoms with Gasteiger partial charge in [0.15, 0.2) is 0 Å². The van der Waals surface area contributed by atoms with Gasteiger partial charge in [0.2, 0.25) is 0 Å². The van der Waals surface area contributed by atoms with Gasteiger partial charge >= 0.3 is 0 Å². The molecule has 0 aliphatic carbocycles. The number of rotatable bonds is 9. The molecule has 0 spiro atoms. The molecule has 9 rings (SSSR count). The summed E-state index contributed by atoms with van der Waals surface area (Å²) in [6, 6.07) is 79.4. The van der Waals surface area contributed by atoms with Gasteiger partial charge in [-0.15, -0.1) is 0 Å². The highest BCUT2D eigenvalue weighted by Crippen LogP contribution is 2.42. The molecular formula is C53H41N. The van der Waals surface area contributed by atoms with Crippen molar-refractivity contribution in [3.63, 3.8) is 0 Å². The van der Waals surface area contributed by atoms with Gasteiger partial charge in [-0.1, -0.05) is 189 Å². The van der Waals surface area contributed by atoms with Gasteiger partial charge in [-0.25, -0.2) is 0 Å². The predicted molar refractivity (Wildman–Crippen MR) is 230 cm³/mol. The lowest BCUT2D eigenvalue weighted by Crippen LogP contribution is -2.10. The van der Waals surface area contributed by atoms with Crippen molar-refractivity contribution in [1.29, 1.82) is 0 Å². The number of anilines is 3. The van der Waals surface area contributed by atoms with Crippen molar-refractivity contribution in [2.75, 3.05) is 4.90 Å². The maximum absolute atomic E-state index is 2.41. The van der Waals surface area contributed by atoms with Gasteiger partial charge in [0.25, 0.3) is 0 Å². The summed E-state index contributed by atoms with van der Waals surface area (Å²) in [4.78, 5) is 2.33. The van der Waals surface area contributed by atoms with E-state index in [1.165, 1.54) is 60.5 Å². The van der Waals surface area contributed by atoms with E-state index in [-0.39, 0.29) is 11.8 Å². The van der Waals surface area contributed by atoms with Gasteiger partial charge in [0, 0.05) is 23.0 Å². The van der Waals surface area contributed by atoms with E-state index in [4.69, 9.17) is 0 Å². The zero-order valence-corrected chi connectivity index (χ0v) is 30.4. The van der Waals surface area contributed by atoms with Crippen LogP contribution in [0.15, 0.2) is 218 Å². The molecule has 0 aliphatic rings. The summed E-state index contributed by atoms with van der Waals surface area (Å²) >= 11 is 0. The van der Waals surface area contributed by atoms with E-state index in [1.807, 2.05) is 0 Å². The van der Waals surface area contributed by atoms with Crippen molar-refractivity contribution in [2.45, 2.75) is 18.8 Å². The molecule has 0 saturated carbocycles. The van der Waals surface area contributed by atoms with Crippen LogP contribution in [0.3, 0.4) is 0 Å². The smallest absolute Gasteiger partial charge is 0.0468 e. The highest BCUT2D eigenvalue weighted by molar-refractivity contribution is 6.08. The molecule has 1 nitrogen and oxygen atoms in total. The molecule has 1 heteroatoms. The summed E-state index contributed by atoms with van der Waals surface area (Å²) in [5, 5.41) is 5.04. The number of para-hydroxylation sites is 2. The van der Waals surface area contributed by atoms with Crippen molar-refractivity contribution in [3.8, 4) is 22.3 Å². The van der Waals surface area contributed by atoms with Crippen LogP contribution in [0, 0.1) is 0 Å². The van der Waals surface area contributed by atoms with Crippen LogP contribution in [-0.4, -0.2) is 0 Å². The van der Waals surface area contributed by atoms with E-state index in [9.17, 15) is 0 Å². The fourth-order valence-corrected chi connectivity index (χ4v) is 8.09. The normalized spacial score (nSPS) is 12.4. The van der Waals surface area contributed by atoms with Crippen LogP contribution in [0.25, 0.3) is 43.8 Å². The molecule has 9 aromatic carbocycles. The highest BCUT2D eigenvalue weighted by Gasteiger charge is 2.24. The Labute approximate surface area is 318 Å². The van der Waals surface area contributed by atoms with E-state index in [2.05, 4.69) is 230 Å². The maximum Gasteiger partial charge on any atom is 0.0468 e. The lowest BCUT2D eigenvalue weighted by atomic mass is 9.77. The minimum atomic E-state index is 0.211. The predicted octanol–water partition coefficient (Wildman–Crippen LogP) is 14.7. The molecule has 9 aromatic rings. The second-order valence-corrected chi connectivity index (χ2v) is 14.2. The molecule has 54 heavy (non-hydrogen) atoms. The molecule has 0 N–H and O–H groups in total. The largest absolute Gasteiger partial charge is 0.310 e. The third kappa shape index (κ3) is 6.57. The van der Waals surface area contributed by atoms with E-state index >= 15 is 0 Å². The second-order valence-electron chi connectivity index (χ2n) is 14.2. The van der Waals surface area contributed by atoms with Gasteiger partial charge in [0.05, 0.1) is 0 Å². The van der Waals surface area contributed by atoms with Crippen molar-refractivity contribution in [1.82, 2.24) is 0 Å². The fourth-order valence-electron chi connectivity index (χ4n) is 8.09. The number of benzene rings is 9. The molecule has 258 valence electrons. The van der Waals surface area contributed by atoms with Gasteiger partial charge in [-0.05, 0) is 103 Å². The Morgan fingerprint density at radius 3 is 1.28 bits per heavy atom. The molecule has 0 saturated heterocycles. The van der Waals surface area contributed by atoms with Crippen LogP contribution in [0.5, 0.6) is 0 Å². The van der Waals surface area contributed by atoms with E-state index in [1.54, 1.807) is 0 Å². The summed E-state index contributed by atoms with van der Waals surface area (Å²) in [5.41, 5.74) is 12.4. The molecule has 0 radical (unpaired) electrons. The highest BCUT2D eigenvalue weighted by atomic mass is 15.1. The first kappa shape index (κ1) is 33.2. The molecule has 0 aromatic heterocycles. The Hall–Kier alpha value is -6.70. The summed E-state index contributed by atoms with van der Waals surface area (Å²) in [5.74, 6) is 0.472. The average Bonchev–Trinajstić information content (AvgIpc) is 3.25. The van der Waals surface area contributed by atoms with Crippen LogP contribution in [0.1, 0.15) is 35.4 Å². The zero-order chi connectivity index (χ0) is 36.3. The Morgan fingerprint density at radius 1 is 0.315 bits per heavy atom. The van der Waals surface area contributed by atoms with Crippen LogP contribution in [0.4, 0.5) is 17.1 Å². The summed E-state index contributed by atoms with van der Waals surface area (Å²) in [7, 11) is 0. The van der Waals surface area contributed by atoms with Crippen LogP contribution in [-0.2, 0) is 0 Å². The molecule has 0 aliphatic heterocycles. The Bertz CT molecular complexity index is 2590. The Morgan fingerprint density at radius 2 is 0.722 bits per heavy atom. The number of nitrogens with zero attached hydrogens (tertiary/aromatic N) is 1. The van der Waals surface area contributed by atoms with Crippen molar-refractivity contribution >= 4 is 38.6 Å². The average molecular weight is 692 g/mol. The Kier molecular flexibility index (Phi) is 9.05. The molecule has 0 bridgehead atoms. The Balaban J connectivity index is 1.03. The summed E-state index contributed by atoms with van der Waals surface area (Å²) in [6.07, 6.45) is 0. The minimum Gasteiger partial charge on any atom is -0.310 e. The van der Waals surface area contributed by atoms with E-state index in [0.717, 1.165) is 17.1 Å². The third-order valence-corrected chi connectivity index (χ3v) is 10.9. The first-order chi connectivity index (χ1) is 26.7. The molecule has 0 fully saturated rings. The summed E-state index contributed by atoms with van der Waals surface area (Å²) < 4.78 is 0. The lowest BCUT2D eigenvalue weighted by Gasteiger charge is -2.27. The van der Waals surface area contributed by atoms with Crippen LogP contribution in [0.2, 0.25) is 0 Å². The number of hydrogen-bond acceptors (Lipinski definition) is 1. The molecular weight excluding hydrogens is 651 g/mol. The first-order valence-corrected chi connectivity index (χ1v) is 18.9. The molecule has 2 atom stereocenters. The van der Waals surface area contributed by atoms with Crippen molar-refractivity contribution in [3.05, 3.63) is 235 Å². The fraction of sp³-hybridized carbons (Fsp3) is 0.0566. The van der Waals surface area contributed by atoms with Gasteiger partial charge in [-0.3, -0.25) is 0 Å². The van der Waals surface area contributed by atoms with Crippen molar-refractivity contribution in [2.24, 2.45) is 0 Å². The zero-order valence-electron chi connectivity index (χ0n) is 30.4. The van der Waals surface area contributed by atoms with Gasteiger partial charge in [-0.2, -0.15) is 0 Å². The number of fused-ring (bicyclic) bond motifs is 3. The standard InChI is InChI=1S/C53H41N/c1-38(53(43-16-8-3-9-17-43)44-28-26-42(27-29-44)41-24-22-40(23-25-41)39-14-6-2-7-15-39)45-32-34-51-46(36-45)30-31-47-37-50(33-35-52(47)51)54(48-18-10-4-11-19-48)49-20-12-5-13-21-49/h2-38,53H,1H3/t38?,53-/m0/s1. The summed E-state index contributed by atoms with van der Waals surface area (Å²) in [6.45, 7) is 2.38. The number of hydrogen-bond donors (Lipinski definition) is 0.